The largest absolute Gasteiger partial charge is 0.573 e. The van der Waals surface area contributed by atoms with Crippen molar-refractivity contribution in [1.82, 2.24) is 25.4 Å². The Labute approximate surface area is 165 Å². The van der Waals surface area contributed by atoms with Crippen molar-refractivity contribution in [3.63, 3.8) is 0 Å². The van der Waals surface area contributed by atoms with E-state index in [-0.39, 0.29) is 11.8 Å². The molecule has 3 aromatic rings. The molecule has 0 spiro atoms. The molecule has 1 aliphatic carbocycles. The molecule has 2 aromatic heterocycles. The minimum Gasteiger partial charge on any atom is -0.406 e. The van der Waals surface area contributed by atoms with Gasteiger partial charge in [0, 0.05) is 30.4 Å². The van der Waals surface area contributed by atoms with Gasteiger partial charge in [0.15, 0.2) is 5.65 Å². The molecule has 9 heteroatoms. The third-order valence-electron chi connectivity index (χ3n) is 5.77. The maximum Gasteiger partial charge on any atom is 0.573 e. The summed E-state index contributed by atoms with van der Waals surface area (Å²) < 4.78 is 43.5. The Balaban J connectivity index is 1.53. The van der Waals surface area contributed by atoms with E-state index >= 15 is 0 Å². The fraction of sp³-hybridized carbons (Fsp3) is 0.400. The van der Waals surface area contributed by atoms with Gasteiger partial charge in [-0.15, -0.1) is 13.2 Å². The molecule has 3 heterocycles. The van der Waals surface area contributed by atoms with Crippen LogP contribution in [0.3, 0.4) is 0 Å². The van der Waals surface area contributed by atoms with E-state index in [2.05, 4.69) is 25.1 Å². The van der Waals surface area contributed by atoms with Gasteiger partial charge in [-0.25, -0.2) is 9.97 Å². The van der Waals surface area contributed by atoms with E-state index in [1.807, 2.05) is 12.1 Å². The maximum atomic E-state index is 12.5. The number of nitrogens with zero attached hydrogens (tertiary/aromatic N) is 3. The second-order valence-corrected chi connectivity index (χ2v) is 7.58. The van der Waals surface area contributed by atoms with E-state index in [0.29, 0.717) is 12.0 Å². The number of ether oxygens (including phenoxy) is 1. The van der Waals surface area contributed by atoms with Crippen LogP contribution in [-0.2, 0) is 0 Å². The highest BCUT2D eigenvalue weighted by molar-refractivity contribution is 5.77. The van der Waals surface area contributed by atoms with Crippen molar-refractivity contribution in [2.24, 2.45) is 5.92 Å². The third kappa shape index (κ3) is 3.56. The molecule has 2 aliphatic rings. The Morgan fingerprint density at radius 2 is 1.93 bits per heavy atom. The number of hydrazine groups is 1. The van der Waals surface area contributed by atoms with Crippen molar-refractivity contribution in [2.75, 3.05) is 6.54 Å². The van der Waals surface area contributed by atoms with Crippen LogP contribution >= 0.6 is 0 Å². The van der Waals surface area contributed by atoms with Gasteiger partial charge in [-0.3, -0.25) is 10.9 Å². The van der Waals surface area contributed by atoms with Gasteiger partial charge in [0.05, 0.1) is 0 Å². The fourth-order valence-electron chi connectivity index (χ4n) is 4.50. The highest BCUT2D eigenvalue weighted by Gasteiger charge is 2.36. The fourth-order valence-corrected chi connectivity index (χ4v) is 4.50. The summed E-state index contributed by atoms with van der Waals surface area (Å²) in [5.41, 5.74) is 8.90. The Morgan fingerprint density at radius 3 is 2.72 bits per heavy atom. The van der Waals surface area contributed by atoms with Crippen LogP contribution in [0, 0.1) is 5.92 Å². The molecule has 1 aromatic carbocycles. The number of pyridine rings is 1. The monoisotopic (exact) mass is 403 g/mol. The molecule has 29 heavy (non-hydrogen) atoms. The molecule has 2 N–H and O–H groups in total. The Kier molecular flexibility index (Phi) is 4.44. The van der Waals surface area contributed by atoms with Gasteiger partial charge < -0.3 is 9.30 Å². The zero-order chi connectivity index (χ0) is 20.0. The maximum absolute atomic E-state index is 12.5. The molecule has 6 nitrogen and oxygen atoms in total. The molecule has 0 bridgehead atoms. The average molecular weight is 403 g/mol. The number of aromatic nitrogens is 3. The molecule has 1 aliphatic heterocycles. The van der Waals surface area contributed by atoms with Gasteiger partial charge in [-0.2, -0.15) is 0 Å². The molecule has 3 atom stereocenters. The van der Waals surface area contributed by atoms with Crippen LogP contribution < -0.4 is 15.6 Å². The van der Waals surface area contributed by atoms with E-state index in [1.54, 1.807) is 18.3 Å². The SMILES string of the molecule is FC(F)(F)Oc1ccc(-c2nc3cccnc3n2C2CCC3NNCC3C2)cc1. The number of halogens is 3. The summed E-state index contributed by atoms with van der Waals surface area (Å²) in [6.07, 6.45) is 0.0667. The molecular formula is C20H20F3N5O. The first kappa shape index (κ1) is 18.4. The predicted molar refractivity (Wildman–Crippen MR) is 101 cm³/mol. The van der Waals surface area contributed by atoms with E-state index in [9.17, 15) is 13.2 Å². The zero-order valence-corrected chi connectivity index (χ0v) is 15.5. The second-order valence-electron chi connectivity index (χ2n) is 7.58. The Bertz CT molecular complexity index is 1020. The van der Waals surface area contributed by atoms with Crippen molar-refractivity contribution in [3.05, 3.63) is 42.6 Å². The summed E-state index contributed by atoms with van der Waals surface area (Å²) >= 11 is 0. The Hall–Kier alpha value is -2.65. The van der Waals surface area contributed by atoms with Gasteiger partial charge in [0.2, 0.25) is 0 Å². The average Bonchev–Trinajstić information content (AvgIpc) is 3.31. The first-order valence-corrected chi connectivity index (χ1v) is 9.65. The topological polar surface area (TPSA) is 64.0 Å². The molecule has 0 amide bonds. The zero-order valence-electron chi connectivity index (χ0n) is 15.5. The predicted octanol–water partition coefficient (Wildman–Crippen LogP) is 3.81. The van der Waals surface area contributed by atoms with Crippen molar-refractivity contribution >= 4 is 11.2 Å². The van der Waals surface area contributed by atoms with Crippen molar-refractivity contribution in [1.29, 1.82) is 0 Å². The smallest absolute Gasteiger partial charge is 0.406 e. The highest BCUT2D eigenvalue weighted by atomic mass is 19.4. The van der Waals surface area contributed by atoms with E-state index in [1.165, 1.54) is 12.1 Å². The first-order valence-electron chi connectivity index (χ1n) is 9.65. The second kappa shape index (κ2) is 7.00. The van der Waals surface area contributed by atoms with Gasteiger partial charge in [-0.1, -0.05) is 0 Å². The van der Waals surface area contributed by atoms with Crippen LogP contribution in [0.15, 0.2) is 42.6 Å². The van der Waals surface area contributed by atoms with Gasteiger partial charge in [0.25, 0.3) is 0 Å². The van der Waals surface area contributed by atoms with E-state index in [0.717, 1.165) is 48.4 Å². The summed E-state index contributed by atoms with van der Waals surface area (Å²) in [4.78, 5) is 9.30. The summed E-state index contributed by atoms with van der Waals surface area (Å²) in [5, 5.41) is 0. The van der Waals surface area contributed by atoms with Crippen LogP contribution in [0.25, 0.3) is 22.6 Å². The number of nitrogens with one attached hydrogen (secondary N) is 2. The number of imidazole rings is 1. The lowest BCUT2D eigenvalue weighted by Gasteiger charge is -2.32. The van der Waals surface area contributed by atoms with Gasteiger partial charge >= 0.3 is 6.36 Å². The number of alkyl halides is 3. The normalized spacial score (nSPS) is 24.6. The molecular weight excluding hydrogens is 383 g/mol. The molecule has 0 radical (unpaired) electrons. The quantitative estimate of drug-likeness (QED) is 0.696. The lowest BCUT2D eigenvalue weighted by molar-refractivity contribution is -0.274. The highest BCUT2D eigenvalue weighted by Crippen LogP contribution is 2.39. The van der Waals surface area contributed by atoms with E-state index < -0.39 is 6.36 Å². The summed E-state index contributed by atoms with van der Waals surface area (Å²) in [5.74, 6) is 1.01. The summed E-state index contributed by atoms with van der Waals surface area (Å²) in [6.45, 7) is 0.931. The van der Waals surface area contributed by atoms with Crippen LogP contribution in [0.1, 0.15) is 25.3 Å². The molecule has 3 unspecified atom stereocenters. The molecule has 1 saturated carbocycles. The van der Waals surface area contributed by atoms with E-state index in [4.69, 9.17) is 4.98 Å². The molecule has 152 valence electrons. The summed E-state index contributed by atoms with van der Waals surface area (Å²) in [7, 11) is 0. The summed E-state index contributed by atoms with van der Waals surface area (Å²) in [6, 6.07) is 10.3. The molecule has 1 saturated heterocycles. The number of benzene rings is 1. The number of hydrogen-bond acceptors (Lipinski definition) is 5. The third-order valence-corrected chi connectivity index (χ3v) is 5.77. The molecule has 5 rings (SSSR count). The molecule has 2 fully saturated rings. The Morgan fingerprint density at radius 1 is 1.10 bits per heavy atom. The number of rotatable bonds is 3. The minimum atomic E-state index is -4.71. The van der Waals surface area contributed by atoms with Gasteiger partial charge in [0.1, 0.15) is 17.1 Å². The van der Waals surface area contributed by atoms with Crippen LogP contribution in [0.5, 0.6) is 5.75 Å². The van der Waals surface area contributed by atoms with Crippen LogP contribution in [0.4, 0.5) is 13.2 Å². The standard InChI is InChI=1S/C20H20F3N5O/c21-20(22,23)29-15-6-3-12(4-7-15)18-26-17-2-1-9-24-19(17)28(18)14-5-8-16-13(10-14)11-25-27-16/h1-4,6-7,9,13-14,16,25,27H,5,8,10-11H2. The van der Waals surface area contributed by atoms with Crippen LogP contribution in [0.2, 0.25) is 0 Å². The lowest BCUT2D eigenvalue weighted by atomic mass is 9.82. The lowest BCUT2D eigenvalue weighted by Crippen LogP contribution is -2.36. The van der Waals surface area contributed by atoms with Crippen LogP contribution in [-0.4, -0.2) is 33.5 Å². The van der Waals surface area contributed by atoms with Crippen molar-refractivity contribution < 1.29 is 17.9 Å². The first-order chi connectivity index (χ1) is 14.0. The van der Waals surface area contributed by atoms with Crippen molar-refractivity contribution in [3.8, 4) is 17.1 Å². The minimum absolute atomic E-state index is 0.235. The van der Waals surface area contributed by atoms with Crippen molar-refractivity contribution in [2.45, 2.75) is 37.7 Å². The van der Waals surface area contributed by atoms with Gasteiger partial charge in [-0.05, 0) is 61.6 Å². The number of fused-ring (bicyclic) bond motifs is 2. The number of hydrogen-bond donors (Lipinski definition) is 2.